The van der Waals surface area contributed by atoms with Gasteiger partial charge in [-0.3, -0.25) is 0 Å². The van der Waals surface area contributed by atoms with Crippen molar-refractivity contribution in [2.75, 3.05) is 11.9 Å². The zero-order valence-electron chi connectivity index (χ0n) is 11.4. The van der Waals surface area contributed by atoms with Crippen molar-refractivity contribution >= 4 is 5.69 Å². The maximum atomic E-state index is 12.9. The second-order valence-corrected chi connectivity index (χ2v) is 5.38. The molecule has 1 atom stereocenters. The molecule has 0 bridgehead atoms. The van der Waals surface area contributed by atoms with Crippen molar-refractivity contribution in [2.45, 2.75) is 24.8 Å². The van der Waals surface area contributed by atoms with Gasteiger partial charge in [-0.05, 0) is 54.2 Å². The highest BCUT2D eigenvalue weighted by molar-refractivity contribution is 5.46. The van der Waals surface area contributed by atoms with Gasteiger partial charge in [0, 0.05) is 12.2 Å². The Morgan fingerprint density at radius 1 is 1.05 bits per heavy atom. The molecule has 2 aromatic rings. The predicted octanol–water partition coefficient (Wildman–Crippen LogP) is 3.82. The van der Waals surface area contributed by atoms with Crippen LogP contribution in [0.25, 0.3) is 0 Å². The molecule has 1 fully saturated rings. The Labute approximate surface area is 118 Å². The van der Waals surface area contributed by atoms with E-state index in [1.807, 2.05) is 0 Å². The highest BCUT2D eigenvalue weighted by atomic mass is 19.1. The molecular weight excluding hydrogens is 251 g/mol. The van der Waals surface area contributed by atoms with E-state index in [0.717, 1.165) is 11.6 Å². The van der Waals surface area contributed by atoms with Crippen molar-refractivity contribution in [1.82, 2.24) is 0 Å². The number of anilines is 1. The minimum atomic E-state index is -0.228. The van der Waals surface area contributed by atoms with Crippen LogP contribution in [0.3, 0.4) is 0 Å². The first kappa shape index (κ1) is 13.1. The summed E-state index contributed by atoms with van der Waals surface area (Å²) in [6.07, 6.45) is 2.63. The van der Waals surface area contributed by atoms with Crippen LogP contribution in [0.5, 0.6) is 0 Å². The van der Waals surface area contributed by atoms with Gasteiger partial charge in [0.2, 0.25) is 0 Å². The lowest BCUT2D eigenvalue weighted by Crippen LogP contribution is -2.20. The zero-order valence-corrected chi connectivity index (χ0v) is 11.4. The predicted molar refractivity (Wildman–Crippen MR) is 80.2 cm³/mol. The molecule has 3 rings (SSSR count). The third-order valence-corrected chi connectivity index (χ3v) is 3.81. The molecule has 0 heterocycles. The average Bonchev–Trinajstić information content (AvgIpc) is 3.32. The first-order valence-electron chi connectivity index (χ1n) is 7.08. The van der Waals surface area contributed by atoms with E-state index in [0.29, 0.717) is 6.54 Å². The van der Waals surface area contributed by atoms with Gasteiger partial charge in [0.15, 0.2) is 0 Å². The number of halogens is 1. The lowest BCUT2D eigenvalue weighted by atomic mass is 10.0. The molecule has 3 heteroatoms. The summed E-state index contributed by atoms with van der Waals surface area (Å²) in [5, 5.41) is 3.34. The molecule has 20 heavy (non-hydrogen) atoms. The monoisotopic (exact) mass is 270 g/mol. The van der Waals surface area contributed by atoms with Crippen LogP contribution in [0.1, 0.15) is 35.9 Å². The summed E-state index contributed by atoms with van der Waals surface area (Å²) in [6.45, 7) is 0.500. The molecule has 1 unspecified atom stereocenters. The molecule has 0 spiro atoms. The van der Waals surface area contributed by atoms with Gasteiger partial charge in [-0.25, -0.2) is 4.39 Å². The number of nitrogens with two attached hydrogens (primary N) is 1. The minimum Gasteiger partial charge on any atom is -0.377 e. The molecule has 0 aromatic heterocycles. The quantitative estimate of drug-likeness (QED) is 0.867. The van der Waals surface area contributed by atoms with Crippen molar-refractivity contribution in [3.05, 3.63) is 65.5 Å². The summed E-state index contributed by atoms with van der Waals surface area (Å²) in [4.78, 5) is 0. The van der Waals surface area contributed by atoms with E-state index in [1.54, 1.807) is 12.1 Å². The standard InChI is InChI=1S/C17H19FN2/c18-15-7-9-16(10-8-15)20-17(11-19)14-5-3-13(4-6-14)12-1-2-12/h3-10,12,17,20H,1-2,11,19H2. The molecule has 3 N–H and O–H groups in total. The van der Waals surface area contributed by atoms with Gasteiger partial charge >= 0.3 is 0 Å². The van der Waals surface area contributed by atoms with E-state index >= 15 is 0 Å². The summed E-state index contributed by atoms with van der Waals surface area (Å²) < 4.78 is 12.9. The molecule has 0 radical (unpaired) electrons. The van der Waals surface area contributed by atoms with Crippen LogP contribution in [0.2, 0.25) is 0 Å². The third kappa shape index (κ3) is 2.99. The minimum absolute atomic E-state index is 0.0497. The van der Waals surface area contributed by atoms with Gasteiger partial charge in [0.05, 0.1) is 6.04 Å². The molecule has 2 nitrogen and oxygen atoms in total. The van der Waals surface area contributed by atoms with Crippen LogP contribution in [0.15, 0.2) is 48.5 Å². The summed E-state index contributed by atoms with van der Waals surface area (Å²) in [5.74, 6) is 0.541. The van der Waals surface area contributed by atoms with Gasteiger partial charge in [-0.2, -0.15) is 0 Å². The van der Waals surface area contributed by atoms with Gasteiger partial charge in [0.1, 0.15) is 5.82 Å². The highest BCUT2D eigenvalue weighted by Gasteiger charge is 2.23. The van der Waals surface area contributed by atoms with E-state index in [9.17, 15) is 4.39 Å². The smallest absolute Gasteiger partial charge is 0.123 e. The van der Waals surface area contributed by atoms with Gasteiger partial charge < -0.3 is 11.1 Å². The van der Waals surface area contributed by atoms with Crippen molar-refractivity contribution < 1.29 is 4.39 Å². The summed E-state index contributed by atoms with van der Waals surface area (Å²) in [5.41, 5.74) is 9.33. The van der Waals surface area contributed by atoms with Crippen molar-refractivity contribution in [1.29, 1.82) is 0 Å². The Morgan fingerprint density at radius 3 is 2.25 bits per heavy atom. The van der Waals surface area contributed by atoms with E-state index in [2.05, 4.69) is 29.6 Å². The molecule has 104 valence electrons. The number of benzene rings is 2. The fraction of sp³-hybridized carbons (Fsp3) is 0.294. The summed E-state index contributed by atoms with van der Waals surface area (Å²) in [6, 6.07) is 15.1. The number of rotatable bonds is 5. The van der Waals surface area contributed by atoms with E-state index in [4.69, 9.17) is 5.73 Å². The molecule has 0 saturated heterocycles. The second-order valence-electron chi connectivity index (χ2n) is 5.38. The zero-order chi connectivity index (χ0) is 13.9. The third-order valence-electron chi connectivity index (χ3n) is 3.81. The fourth-order valence-corrected chi connectivity index (χ4v) is 2.44. The SMILES string of the molecule is NCC(Nc1ccc(F)cc1)c1ccc(C2CC2)cc1. The van der Waals surface area contributed by atoms with Crippen LogP contribution in [-0.4, -0.2) is 6.54 Å². The average molecular weight is 270 g/mol. The van der Waals surface area contributed by atoms with Crippen LogP contribution in [0, 0.1) is 5.82 Å². The number of hydrogen-bond donors (Lipinski definition) is 2. The fourth-order valence-electron chi connectivity index (χ4n) is 2.44. The Kier molecular flexibility index (Phi) is 3.70. The maximum Gasteiger partial charge on any atom is 0.123 e. The summed E-state index contributed by atoms with van der Waals surface area (Å²) >= 11 is 0. The molecular formula is C17H19FN2. The lowest BCUT2D eigenvalue weighted by molar-refractivity contribution is 0.628. The molecule has 0 amide bonds. The first-order valence-corrected chi connectivity index (χ1v) is 7.08. The van der Waals surface area contributed by atoms with Crippen LogP contribution < -0.4 is 11.1 Å². The molecule has 1 aliphatic rings. The lowest BCUT2D eigenvalue weighted by Gasteiger charge is -2.19. The molecule has 1 aliphatic carbocycles. The first-order chi connectivity index (χ1) is 9.76. The van der Waals surface area contributed by atoms with Crippen LogP contribution in [-0.2, 0) is 0 Å². The highest BCUT2D eigenvalue weighted by Crippen LogP contribution is 2.40. The normalized spacial score (nSPS) is 15.9. The second kappa shape index (κ2) is 5.63. The van der Waals surface area contributed by atoms with Crippen molar-refractivity contribution in [3.8, 4) is 0 Å². The van der Waals surface area contributed by atoms with E-state index in [-0.39, 0.29) is 11.9 Å². The largest absolute Gasteiger partial charge is 0.377 e. The number of nitrogens with one attached hydrogen (secondary N) is 1. The Bertz CT molecular complexity index is 559. The maximum absolute atomic E-state index is 12.9. The molecule has 1 saturated carbocycles. The van der Waals surface area contributed by atoms with Crippen molar-refractivity contribution in [2.24, 2.45) is 5.73 Å². The van der Waals surface area contributed by atoms with Gasteiger partial charge in [-0.1, -0.05) is 24.3 Å². The topological polar surface area (TPSA) is 38.0 Å². The van der Waals surface area contributed by atoms with E-state index in [1.165, 1.54) is 36.1 Å². The Hall–Kier alpha value is -1.87. The van der Waals surface area contributed by atoms with Gasteiger partial charge in [0.25, 0.3) is 0 Å². The Balaban J connectivity index is 1.73. The molecule has 2 aromatic carbocycles. The Morgan fingerprint density at radius 2 is 1.70 bits per heavy atom. The van der Waals surface area contributed by atoms with Crippen LogP contribution in [0.4, 0.5) is 10.1 Å². The summed E-state index contributed by atoms with van der Waals surface area (Å²) in [7, 11) is 0. The van der Waals surface area contributed by atoms with Gasteiger partial charge in [-0.15, -0.1) is 0 Å². The molecule has 0 aliphatic heterocycles. The van der Waals surface area contributed by atoms with Crippen molar-refractivity contribution in [3.63, 3.8) is 0 Å². The van der Waals surface area contributed by atoms with Crippen LogP contribution >= 0.6 is 0 Å². The number of hydrogen-bond acceptors (Lipinski definition) is 2. The van der Waals surface area contributed by atoms with E-state index < -0.39 is 0 Å².